The minimum Gasteiger partial charge on any atom is -0.456 e. The molecule has 2 aliphatic heterocycles. The van der Waals surface area contributed by atoms with Crippen LogP contribution >= 0.6 is 0 Å². The van der Waals surface area contributed by atoms with Gasteiger partial charge in [0.15, 0.2) is 5.82 Å². The van der Waals surface area contributed by atoms with Gasteiger partial charge in [0.2, 0.25) is 0 Å². The van der Waals surface area contributed by atoms with Crippen LogP contribution in [0.4, 0.5) is 22.9 Å². The molecule has 4 heterocycles. The summed E-state index contributed by atoms with van der Waals surface area (Å²) in [5.41, 5.74) is 8.27. The summed E-state index contributed by atoms with van der Waals surface area (Å²) in [6.45, 7) is 9.32. The number of furan rings is 1. The Kier molecular flexibility index (Phi) is 4.91. The summed E-state index contributed by atoms with van der Waals surface area (Å²) in [4.78, 5) is 10.1. The van der Waals surface area contributed by atoms with Crippen LogP contribution in [0, 0.1) is 12.3 Å². The van der Waals surface area contributed by atoms with Crippen molar-refractivity contribution in [3.05, 3.63) is 90.1 Å². The molecule has 2 atom stereocenters. The summed E-state index contributed by atoms with van der Waals surface area (Å²) in [5, 5.41) is 2.35. The van der Waals surface area contributed by atoms with Gasteiger partial charge in [-0.1, -0.05) is 57.2 Å². The highest BCUT2D eigenvalue weighted by Crippen LogP contribution is 2.63. The van der Waals surface area contributed by atoms with Gasteiger partial charge in [-0.15, -0.1) is 0 Å². The molecule has 2 aliphatic rings. The molecular formula is C33H33N3O. The van der Waals surface area contributed by atoms with Crippen LogP contribution in [0.15, 0.2) is 83.4 Å². The molecule has 0 saturated carbocycles. The molecule has 186 valence electrons. The maximum atomic E-state index is 6.45. The molecule has 0 N–H and O–H groups in total. The quantitative estimate of drug-likeness (QED) is 0.253. The van der Waals surface area contributed by atoms with E-state index in [1.54, 1.807) is 0 Å². The lowest BCUT2D eigenvalue weighted by Crippen LogP contribution is -2.57. The number of aryl methyl sites for hydroxylation is 1. The van der Waals surface area contributed by atoms with Gasteiger partial charge in [-0.05, 0) is 74.1 Å². The zero-order valence-electron chi connectivity index (χ0n) is 22.0. The number of aromatic nitrogens is 1. The first kappa shape index (κ1) is 22.4. The SMILES string of the molecule is CCC1c2ccccc2N2c3ncccc3N(c3ccc4c(oc5ccccc54)c3C)C2C1(CC)CC. The topological polar surface area (TPSA) is 32.5 Å². The van der Waals surface area contributed by atoms with Crippen molar-refractivity contribution in [1.82, 2.24) is 4.98 Å². The lowest BCUT2D eigenvalue weighted by Gasteiger charge is -2.55. The van der Waals surface area contributed by atoms with E-state index < -0.39 is 0 Å². The Morgan fingerprint density at radius 2 is 1.54 bits per heavy atom. The maximum Gasteiger partial charge on any atom is 0.158 e. The van der Waals surface area contributed by atoms with Gasteiger partial charge in [-0.3, -0.25) is 0 Å². The summed E-state index contributed by atoms with van der Waals surface area (Å²) in [5.74, 6) is 1.51. The Labute approximate surface area is 218 Å². The van der Waals surface area contributed by atoms with Crippen LogP contribution in [0.5, 0.6) is 0 Å². The van der Waals surface area contributed by atoms with Gasteiger partial charge >= 0.3 is 0 Å². The molecule has 37 heavy (non-hydrogen) atoms. The number of fused-ring (bicyclic) bond motifs is 8. The molecule has 0 amide bonds. The fourth-order valence-corrected chi connectivity index (χ4v) is 7.55. The van der Waals surface area contributed by atoms with Crippen LogP contribution in [0.25, 0.3) is 21.9 Å². The Balaban J connectivity index is 1.54. The number of para-hydroxylation sites is 2. The van der Waals surface area contributed by atoms with Crippen molar-refractivity contribution in [1.29, 1.82) is 0 Å². The van der Waals surface area contributed by atoms with Gasteiger partial charge in [0.25, 0.3) is 0 Å². The molecule has 3 aromatic carbocycles. The van der Waals surface area contributed by atoms with Gasteiger partial charge < -0.3 is 14.2 Å². The van der Waals surface area contributed by atoms with E-state index in [2.05, 4.69) is 104 Å². The molecule has 0 fully saturated rings. The zero-order valence-corrected chi connectivity index (χ0v) is 22.0. The Hall–Kier alpha value is -3.79. The Morgan fingerprint density at radius 3 is 2.35 bits per heavy atom. The smallest absolute Gasteiger partial charge is 0.158 e. The minimum atomic E-state index is 0.0546. The van der Waals surface area contributed by atoms with Gasteiger partial charge in [-0.2, -0.15) is 0 Å². The van der Waals surface area contributed by atoms with Crippen molar-refractivity contribution in [3.63, 3.8) is 0 Å². The molecule has 5 aromatic rings. The van der Waals surface area contributed by atoms with Crippen molar-refractivity contribution in [2.75, 3.05) is 9.80 Å². The highest BCUT2D eigenvalue weighted by atomic mass is 16.3. The predicted octanol–water partition coefficient (Wildman–Crippen LogP) is 9.22. The summed E-state index contributed by atoms with van der Waals surface area (Å²) >= 11 is 0. The lowest BCUT2D eigenvalue weighted by molar-refractivity contribution is 0.143. The second-order valence-corrected chi connectivity index (χ2v) is 10.6. The summed E-state index contributed by atoms with van der Waals surface area (Å²) in [6.07, 6.45) is 5.36. The fraction of sp³-hybridized carbons (Fsp3) is 0.303. The zero-order chi connectivity index (χ0) is 25.3. The number of anilines is 4. The third-order valence-corrected chi connectivity index (χ3v) is 9.27. The number of pyridine rings is 1. The normalized spacial score (nSPS) is 19.8. The Bertz CT molecular complexity index is 1650. The van der Waals surface area contributed by atoms with E-state index in [-0.39, 0.29) is 11.6 Å². The molecule has 0 radical (unpaired) electrons. The Morgan fingerprint density at radius 1 is 0.784 bits per heavy atom. The largest absolute Gasteiger partial charge is 0.456 e. The van der Waals surface area contributed by atoms with Crippen LogP contribution in [0.2, 0.25) is 0 Å². The van der Waals surface area contributed by atoms with Gasteiger partial charge in [0.1, 0.15) is 17.3 Å². The number of benzene rings is 3. The van der Waals surface area contributed by atoms with Crippen LogP contribution in [-0.4, -0.2) is 11.1 Å². The van der Waals surface area contributed by atoms with E-state index in [1.165, 1.54) is 39.0 Å². The highest BCUT2D eigenvalue weighted by molar-refractivity contribution is 6.07. The van der Waals surface area contributed by atoms with Crippen molar-refractivity contribution in [3.8, 4) is 0 Å². The van der Waals surface area contributed by atoms with Crippen molar-refractivity contribution >= 4 is 44.8 Å². The summed E-state index contributed by atoms with van der Waals surface area (Å²) < 4.78 is 6.45. The van der Waals surface area contributed by atoms with Crippen LogP contribution in [-0.2, 0) is 0 Å². The van der Waals surface area contributed by atoms with Crippen molar-refractivity contribution in [2.24, 2.45) is 5.41 Å². The molecule has 7 rings (SSSR count). The van der Waals surface area contributed by atoms with Crippen molar-refractivity contribution in [2.45, 2.75) is 59.0 Å². The van der Waals surface area contributed by atoms with Crippen LogP contribution in [0.1, 0.15) is 57.1 Å². The molecule has 0 spiro atoms. The molecule has 0 aliphatic carbocycles. The van der Waals surface area contributed by atoms with Gasteiger partial charge in [0, 0.05) is 39.3 Å². The summed E-state index contributed by atoms with van der Waals surface area (Å²) in [7, 11) is 0. The first-order valence-electron chi connectivity index (χ1n) is 13.7. The third kappa shape index (κ3) is 2.81. The molecule has 2 aromatic heterocycles. The van der Waals surface area contributed by atoms with E-state index in [0.717, 1.165) is 36.2 Å². The molecular weight excluding hydrogens is 454 g/mol. The number of nitrogens with zero attached hydrogens (tertiary/aromatic N) is 3. The molecule has 0 saturated heterocycles. The fourth-order valence-electron chi connectivity index (χ4n) is 7.55. The van der Waals surface area contributed by atoms with E-state index in [1.807, 2.05) is 12.3 Å². The second-order valence-electron chi connectivity index (χ2n) is 10.6. The first-order valence-corrected chi connectivity index (χ1v) is 13.7. The molecule has 0 bridgehead atoms. The summed E-state index contributed by atoms with van der Waals surface area (Å²) in [6, 6.07) is 26.2. The predicted molar refractivity (Wildman–Crippen MR) is 153 cm³/mol. The van der Waals surface area contributed by atoms with Crippen LogP contribution in [0.3, 0.4) is 0 Å². The van der Waals surface area contributed by atoms with Crippen molar-refractivity contribution < 1.29 is 4.42 Å². The lowest BCUT2D eigenvalue weighted by atomic mass is 9.62. The first-order chi connectivity index (χ1) is 18.1. The highest BCUT2D eigenvalue weighted by Gasteiger charge is 2.57. The van der Waals surface area contributed by atoms with E-state index in [9.17, 15) is 0 Å². The van der Waals surface area contributed by atoms with E-state index in [4.69, 9.17) is 9.40 Å². The molecule has 4 heteroatoms. The average molecular weight is 488 g/mol. The van der Waals surface area contributed by atoms with Gasteiger partial charge in [0.05, 0.1) is 5.69 Å². The van der Waals surface area contributed by atoms with Crippen LogP contribution < -0.4 is 9.80 Å². The standard InChI is InChI=1S/C33H33N3O/c1-5-25-24-14-8-10-15-27(24)36-31-28(16-12-20-34-31)35(32(36)33(25,6-2)7-3)26-19-18-23-22-13-9-11-17-29(22)37-30(23)21(26)4/h8-20,25,32H,5-7H2,1-4H3. The minimum absolute atomic E-state index is 0.0546. The number of hydrogen-bond donors (Lipinski definition) is 0. The average Bonchev–Trinajstić information content (AvgIpc) is 3.50. The number of rotatable bonds is 4. The maximum absolute atomic E-state index is 6.45. The number of hydrogen-bond acceptors (Lipinski definition) is 4. The molecule has 4 nitrogen and oxygen atoms in total. The van der Waals surface area contributed by atoms with Gasteiger partial charge in [-0.25, -0.2) is 4.98 Å². The van der Waals surface area contributed by atoms with E-state index >= 15 is 0 Å². The monoisotopic (exact) mass is 487 g/mol. The third-order valence-electron chi connectivity index (χ3n) is 9.27. The second kappa shape index (κ2) is 8.11. The van der Waals surface area contributed by atoms with E-state index in [0.29, 0.717) is 5.92 Å². The molecule has 2 unspecified atom stereocenters.